The van der Waals surface area contributed by atoms with Crippen LogP contribution in [0.4, 0.5) is 0 Å². The van der Waals surface area contributed by atoms with Gasteiger partial charge >= 0.3 is 0 Å². The molecule has 0 aliphatic heterocycles. The van der Waals surface area contributed by atoms with Gasteiger partial charge in [0.05, 0.1) is 22.8 Å². The second-order valence-corrected chi connectivity index (χ2v) is 18.8. The van der Waals surface area contributed by atoms with Gasteiger partial charge in [-0.25, -0.2) is 9.97 Å². The van der Waals surface area contributed by atoms with Crippen LogP contribution in [-0.2, 0) is 16.2 Å². The van der Waals surface area contributed by atoms with Gasteiger partial charge in [0.25, 0.3) is 0 Å². The molecule has 7 rings (SSSR count). The number of nitrogens with zero attached hydrogens (tertiary/aromatic N) is 2. The normalized spacial score (nSPS) is 12.2. The lowest BCUT2D eigenvalue weighted by Crippen LogP contribution is -2.16. The van der Waals surface area contributed by atoms with Crippen molar-refractivity contribution >= 4 is 0 Å². The average Bonchev–Trinajstić information content (AvgIpc) is 3.16. The molecule has 0 saturated carbocycles. The monoisotopic (exact) mass is 748 g/mol. The zero-order chi connectivity index (χ0) is 40.9. The number of hydrogen-bond donors (Lipinski definition) is 1. The zero-order valence-corrected chi connectivity index (χ0v) is 35.5. The number of phenols is 1. The summed E-state index contributed by atoms with van der Waals surface area (Å²) in [5.41, 5.74) is 18.1. The maximum Gasteiger partial charge on any atom is 0.124 e. The number of aromatic hydroxyl groups is 1. The van der Waals surface area contributed by atoms with Gasteiger partial charge in [0, 0.05) is 22.3 Å². The van der Waals surface area contributed by atoms with Crippen molar-refractivity contribution < 1.29 is 5.11 Å². The Hall–Kier alpha value is -5.80. The van der Waals surface area contributed by atoms with Crippen LogP contribution in [0.1, 0.15) is 90.1 Å². The van der Waals surface area contributed by atoms with Crippen molar-refractivity contribution in [3.63, 3.8) is 0 Å². The van der Waals surface area contributed by atoms with Crippen LogP contribution in [0.2, 0.25) is 0 Å². The summed E-state index contributed by atoms with van der Waals surface area (Å²) in [6.45, 7) is 24.9. The first-order valence-electron chi connectivity index (χ1n) is 20.1. The Bertz CT molecular complexity index is 2540. The number of phenolic OH excluding ortho intramolecular Hbond substituents is 1. The standard InChI is InChI=1S/C54H56N2O/c1-34-24-42(52(3,4)5)25-35(2)51(34)41-31-46(36-18-13-12-14-19-36)55-48(32-41)38-21-17-20-37(26-38)47-29-40(30-49(56-47)45-22-15-16-23-50(45)57)39-27-43(53(6,7)8)33-44(28-39)54(9,10)11/h12-33,57H,1-11H3. The highest BCUT2D eigenvalue weighted by atomic mass is 16.3. The first kappa shape index (κ1) is 39.4. The number of aryl methyl sites for hydroxylation is 2. The molecule has 0 atom stereocenters. The molecule has 0 radical (unpaired) electrons. The second kappa shape index (κ2) is 14.9. The van der Waals surface area contributed by atoms with Crippen LogP contribution in [-0.4, -0.2) is 15.1 Å². The minimum absolute atomic E-state index is 0.0351. The van der Waals surface area contributed by atoms with Crippen LogP contribution in [0, 0.1) is 13.8 Å². The van der Waals surface area contributed by atoms with Crippen molar-refractivity contribution in [1.29, 1.82) is 0 Å². The van der Waals surface area contributed by atoms with Crippen molar-refractivity contribution in [3.05, 3.63) is 161 Å². The molecule has 0 aliphatic carbocycles. The number of pyridine rings is 2. The maximum atomic E-state index is 11.1. The molecule has 57 heavy (non-hydrogen) atoms. The average molecular weight is 749 g/mol. The molecule has 5 aromatic carbocycles. The van der Waals surface area contributed by atoms with E-state index in [9.17, 15) is 5.11 Å². The van der Waals surface area contributed by atoms with Crippen molar-refractivity contribution in [1.82, 2.24) is 9.97 Å². The quantitative estimate of drug-likeness (QED) is 0.184. The highest BCUT2D eigenvalue weighted by Gasteiger charge is 2.23. The first-order valence-corrected chi connectivity index (χ1v) is 20.1. The summed E-state index contributed by atoms with van der Waals surface area (Å²) in [6.07, 6.45) is 0. The number of aromatic nitrogens is 2. The van der Waals surface area contributed by atoms with Crippen LogP contribution < -0.4 is 0 Å². The molecule has 2 aromatic heterocycles. The number of rotatable bonds is 6. The molecule has 3 heteroatoms. The van der Waals surface area contributed by atoms with Crippen molar-refractivity contribution in [2.24, 2.45) is 0 Å². The predicted octanol–water partition coefficient (Wildman–Crippen LogP) is 14.7. The van der Waals surface area contributed by atoms with Crippen molar-refractivity contribution in [2.75, 3.05) is 0 Å². The van der Waals surface area contributed by atoms with Gasteiger partial charge in [0.2, 0.25) is 0 Å². The Balaban J connectivity index is 1.42. The smallest absolute Gasteiger partial charge is 0.124 e. The number of hydrogen-bond acceptors (Lipinski definition) is 3. The third-order valence-electron chi connectivity index (χ3n) is 11.0. The molecule has 0 spiro atoms. The summed E-state index contributed by atoms with van der Waals surface area (Å²) in [6, 6.07) is 46.9. The lowest BCUT2D eigenvalue weighted by molar-refractivity contribution is 0.477. The highest BCUT2D eigenvalue weighted by molar-refractivity contribution is 5.83. The van der Waals surface area contributed by atoms with Gasteiger partial charge in [-0.3, -0.25) is 0 Å². The Morgan fingerprint density at radius 2 is 0.789 bits per heavy atom. The fourth-order valence-electron chi connectivity index (χ4n) is 7.60. The minimum atomic E-state index is -0.0351. The van der Waals surface area contributed by atoms with Gasteiger partial charge in [-0.2, -0.15) is 0 Å². The predicted molar refractivity (Wildman–Crippen MR) is 242 cm³/mol. The zero-order valence-electron chi connectivity index (χ0n) is 35.5. The first-order chi connectivity index (χ1) is 26.8. The van der Waals surface area contributed by atoms with Crippen LogP contribution >= 0.6 is 0 Å². The van der Waals surface area contributed by atoms with Gasteiger partial charge in [0.15, 0.2) is 0 Å². The van der Waals surface area contributed by atoms with Crippen LogP contribution in [0.15, 0.2) is 133 Å². The molecule has 0 bridgehead atoms. The van der Waals surface area contributed by atoms with E-state index in [0.717, 1.165) is 56.2 Å². The molecule has 0 fully saturated rings. The Morgan fingerprint density at radius 1 is 0.368 bits per heavy atom. The Kier molecular flexibility index (Phi) is 10.3. The van der Waals surface area contributed by atoms with E-state index in [2.05, 4.69) is 179 Å². The van der Waals surface area contributed by atoms with Gasteiger partial charge in [-0.15, -0.1) is 0 Å². The summed E-state index contributed by atoms with van der Waals surface area (Å²) in [5.74, 6) is 0.205. The van der Waals surface area contributed by atoms with Crippen molar-refractivity contribution in [2.45, 2.75) is 92.4 Å². The van der Waals surface area contributed by atoms with E-state index in [-0.39, 0.29) is 22.0 Å². The van der Waals surface area contributed by atoms with Crippen LogP contribution in [0.25, 0.3) is 67.3 Å². The molecular weight excluding hydrogens is 693 g/mol. The molecule has 1 N–H and O–H groups in total. The molecule has 288 valence electrons. The van der Waals surface area contributed by atoms with E-state index in [1.165, 1.54) is 33.4 Å². The number of benzene rings is 5. The second-order valence-electron chi connectivity index (χ2n) is 18.8. The Labute approximate surface area is 340 Å². The maximum absolute atomic E-state index is 11.1. The largest absolute Gasteiger partial charge is 0.507 e. The molecular formula is C54H56N2O. The molecule has 3 nitrogen and oxygen atoms in total. The van der Waals surface area contributed by atoms with E-state index in [0.29, 0.717) is 5.56 Å². The summed E-state index contributed by atoms with van der Waals surface area (Å²) >= 11 is 0. The van der Waals surface area contributed by atoms with Gasteiger partial charge < -0.3 is 5.11 Å². The number of para-hydroxylation sites is 1. The Morgan fingerprint density at radius 3 is 1.33 bits per heavy atom. The van der Waals surface area contributed by atoms with E-state index >= 15 is 0 Å². The minimum Gasteiger partial charge on any atom is -0.507 e. The molecule has 0 aliphatic rings. The lowest BCUT2D eigenvalue weighted by Gasteiger charge is -2.26. The fraction of sp³-hybridized carbons (Fsp3) is 0.259. The van der Waals surface area contributed by atoms with Crippen LogP contribution in [0.5, 0.6) is 5.75 Å². The topological polar surface area (TPSA) is 46.0 Å². The third kappa shape index (κ3) is 8.49. The van der Waals surface area contributed by atoms with E-state index in [1.807, 2.05) is 24.3 Å². The van der Waals surface area contributed by atoms with Crippen LogP contribution in [0.3, 0.4) is 0 Å². The van der Waals surface area contributed by atoms with E-state index in [1.54, 1.807) is 6.07 Å². The molecule has 2 heterocycles. The summed E-state index contributed by atoms with van der Waals surface area (Å²) in [5, 5.41) is 11.1. The fourth-order valence-corrected chi connectivity index (χ4v) is 7.60. The molecule has 0 amide bonds. The summed E-state index contributed by atoms with van der Waals surface area (Å²) in [4.78, 5) is 10.5. The van der Waals surface area contributed by atoms with Gasteiger partial charge in [-0.1, -0.05) is 153 Å². The third-order valence-corrected chi connectivity index (χ3v) is 11.0. The molecule has 0 unspecified atom stereocenters. The van der Waals surface area contributed by atoms with Crippen molar-refractivity contribution in [3.8, 4) is 73.0 Å². The lowest BCUT2D eigenvalue weighted by atomic mass is 9.79. The van der Waals surface area contributed by atoms with E-state index < -0.39 is 0 Å². The van der Waals surface area contributed by atoms with E-state index in [4.69, 9.17) is 9.97 Å². The SMILES string of the molecule is Cc1cc(C(C)(C)C)cc(C)c1-c1cc(-c2ccccc2)nc(-c2cccc(-c3cc(-c4cc(C(C)(C)C)cc(C(C)(C)C)c4)cc(-c4ccccc4O)n3)c2)c1. The van der Waals surface area contributed by atoms with Gasteiger partial charge in [-0.05, 0) is 123 Å². The highest BCUT2D eigenvalue weighted by Crippen LogP contribution is 2.40. The summed E-state index contributed by atoms with van der Waals surface area (Å²) in [7, 11) is 0. The molecule has 0 saturated heterocycles. The van der Waals surface area contributed by atoms with Gasteiger partial charge in [0.1, 0.15) is 5.75 Å². The molecule has 7 aromatic rings. The summed E-state index contributed by atoms with van der Waals surface area (Å²) < 4.78 is 0.